The fourth-order valence-corrected chi connectivity index (χ4v) is 5.63. The molecule has 0 N–H and O–H groups in total. The standard InChI is InChI=1S/C44H48O8/c1-5-17-49-37-13-9-35(10-14-37)39-29-33(7-3)31-41-42-32-34(8-4)30-40(36-11-15-38(16-12-36)50-18-6-2)44(42)52-28-26-48-24-22-46-20-19-45-21-23-47-25-27-51-43(39)41/h3-4,9-16,29-32H,5-6,17-28H2,1-2H3. The SMILES string of the molecule is C#Cc1cc(-c2ccc(OCCC)cc2)c2c(c1)-c1cc(C#C)cc(-c3ccc(OCCC)cc3)c1OCCOCCOCCOCCOCCO2. The summed E-state index contributed by atoms with van der Waals surface area (Å²) in [6, 6.07) is 23.7. The minimum absolute atomic E-state index is 0.279. The second-order valence-electron chi connectivity index (χ2n) is 12.0. The molecule has 1 aliphatic heterocycles. The van der Waals surface area contributed by atoms with Crippen LogP contribution in [0.25, 0.3) is 33.4 Å². The van der Waals surface area contributed by atoms with Gasteiger partial charge in [-0.15, -0.1) is 12.8 Å². The molecule has 0 atom stereocenters. The lowest BCUT2D eigenvalue weighted by Gasteiger charge is -2.22. The van der Waals surface area contributed by atoms with E-state index in [1.165, 1.54) is 0 Å². The van der Waals surface area contributed by atoms with E-state index in [1.54, 1.807) is 0 Å². The van der Waals surface area contributed by atoms with Crippen LogP contribution in [0.2, 0.25) is 0 Å². The Morgan fingerprint density at radius 2 is 0.808 bits per heavy atom. The summed E-state index contributed by atoms with van der Waals surface area (Å²) in [6.07, 6.45) is 14.0. The van der Waals surface area contributed by atoms with Gasteiger partial charge in [0, 0.05) is 33.4 Å². The van der Waals surface area contributed by atoms with Crippen molar-refractivity contribution in [2.75, 3.05) is 79.3 Å². The van der Waals surface area contributed by atoms with Crippen molar-refractivity contribution in [3.63, 3.8) is 0 Å². The van der Waals surface area contributed by atoms with E-state index in [9.17, 15) is 0 Å². The van der Waals surface area contributed by atoms with Crippen molar-refractivity contribution in [1.29, 1.82) is 0 Å². The van der Waals surface area contributed by atoms with Gasteiger partial charge in [-0.25, -0.2) is 0 Å². The molecule has 0 bridgehead atoms. The summed E-state index contributed by atoms with van der Waals surface area (Å²) in [6.45, 7) is 9.40. The van der Waals surface area contributed by atoms with Crippen LogP contribution in [0.15, 0.2) is 72.8 Å². The quantitative estimate of drug-likeness (QED) is 0.171. The van der Waals surface area contributed by atoms with E-state index < -0.39 is 0 Å². The highest BCUT2D eigenvalue weighted by atomic mass is 16.6. The molecule has 0 saturated carbocycles. The van der Waals surface area contributed by atoms with Gasteiger partial charge in [0.15, 0.2) is 0 Å². The second-order valence-corrected chi connectivity index (χ2v) is 12.0. The van der Waals surface area contributed by atoms with Crippen LogP contribution in [0.4, 0.5) is 0 Å². The third-order valence-corrected chi connectivity index (χ3v) is 8.14. The Morgan fingerprint density at radius 1 is 0.481 bits per heavy atom. The highest BCUT2D eigenvalue weighted by Crippen LogP contribution is 2.47. The Kier molecular flexibility index (Phi) is 15.3. The highest BCUT2D eigenvalue weighted by molar-refractivity contribution is 5.91. The maximum Gasteiger partial charge on any atom is 0.135 e. The summed E-state index contributed by atoms with van der Waals surface area (Å²) >= 11 is 0. The minimum Gasteiger partial charge on any atom is -0.494 e. The molecule has 0 unspecified atom stereocenters. The first-order valence-corrected chi connectivity index (χ1v) is 18.0. The van der Waals surface area contributed by atoms with Crippen LogP contribution < -0.4 is 18.9 Å². The zero-order chi connectivity index (χ0) is 36.4. The van der Waals surface area contributed by atoms with Gasteiger partial charge < -0.3 is 37.9 Å². The van der Waals surface area contributed by atoms with E-state index in [4.69, 9.17) is 50.7 Å². The third kappa shape index (κ3) is 10.8. The van der Waals surface area contributed by atoms with E-state index in [0.717, 1.165) is 57.7 Å². The van der Waals surface area contributed by atoms with E-state index in [1.807, 2.05) is 72.8 Å². The average Bonchev–Trinajstić information content (AvgIpc) is 3.18. The molecule has 52 heavy (non-hydrogen) atoms. The van der Waals surface area contributed by atoms with Crippen molar-refractivity contribution >= 4 is 0 Å². The van der Waals surface area contributed by atoms with Gasteiger partial charge in [-0.2, -0.15) is 0 Å². The van der Waals surface area contributed by atoms with Gasteiger partial charge in [0.2, 0.25) is 0 Å². The normalized spacial score (nSPS) is 14.6. The van der Waals surface area contributed by atoms with Gasteiger partial charge >= 0.3 is 0 Å². The minimum atomic E-state index is 0.279. The Hall–Kier alpha value is -4.96. The number of terminal acetylenes is 2. The second kappa shape index (κ2) is 20.8. The molecule has 0 aromatic heterocycles. The smallest absolute Gasteiger partial charge is 0.135 e. The fourth-order valence-electron chi connectivity index (χ4n) is 5.63. The number of fused-ring (bicyclic) bond motifs is 3. The summed E-state index contributed by atoms with van der Waals surface area (Å²) in [5.74, 6) is 8.53. The summed E-state index contributed by atoms with van der Waals surface area (Å²) in [5.41, 5.74) is 6.27. The van der Waals surface area contributed by atoms with E-state index >= 15 is 0 Å². The largest absolute Gasteiger partial charge is 0.494 e. The van der Waals surface area contributed by atoms with Crippen molar-refractivity contribution in [3.05, 3.63) is 83.9 Å². The first kappa shape index (κ1) is 38.3. The van der Waals surface area contributed by atoms with Gasteiger partial charge in [-0.1, -0.05) is 50.0 Å². The number of hydrogen-bond acceptors (Lipinski definition) is 8. The molecule has 0 aliphatic carbocycles. The Bertz CT molecular complexity index is 1650. The Balaban J connectivity index is 1.67. The van der Waals surface area contributed by atoms with E-state index in [2.05, 4.69) is 25.7 Å². The molecule has 0 saturated heterocycles. The zero-order valence-electron chi connectivity index (χ0n) is 30.2. The predicted molar refractivity (Wildman–Crippen MR) is 204 cm³/mol. The lowest BCUT2D eigenvalue weighted by Crippen LogP contribution is -2.15. The molecule has 0 amide bonds. The van der Waals surface area contributed by atoms with Crippen LogP contribution in [0.1, 0.15) is 37.8 Å². The molecule has 1 aliphatic rings. The maximum absolute atomic E-state index is 6.64. The van der Waals surface area contributed by atoms with Crippen molar-refractivity contribution in [2.45, 2.75) is 26.7 Å². The average molecular weight is 705 g/mol. The van der Waals surface area contributed by atoms with E-state index in [-0.39, 0.29) is 13.2 Å². The van der Waals surface area contributed by atoms with E-state index in [0.29, 0.717) is 88.7 Å². The molecule has 8 nitrogen and oxygen atoms in total. The van der Waals surface area contributed by atoms with Crippen molar-refractivity contribution < 1.29 is 37.9 Å². The fraction of sp³-hybridized carbons (Fsp3) is 0.364. The van der Waals surface area contributed by atoms with Crippen LogP contribution in [0, 0.1) is 24.7 Å². The monoisotopic (exact) mass is 704 g/mol. The summed E-state index contributed by atoms with van der Waals surface area (Å²) in [7, 11) is 0. The predicted octanol–water partition coefficient (Wildman–Crippen LogP) is 8.07. The molecule has 272 valence electrons. The molecular weight excluding hydrogens is 656 g/mol. The number of ether oxygens (including phenoxy) is 8. The summed E-state index contributed by atoms with van der Waals surface area (Å²) in [4.78, 5) is 0. The lowest BCUT2D eigenvalue weighted by molar-refractivity contribution is -0.00702. The van der Waals surface area contributed by atoms with Crippen LogP contribution in [-0.4, -0.2) is 79.3 Å². The van der Waals surface area contributed by atoms with Gasteiger partial charge in [0.05, 0.1) is 66.1 Å². The maximum atomic E-state index is 6.64. The molecule has 4 aromatic carbocycles. The van der Waals surface area contributed by atoms with Crippen molar-refractivity contribution in [3.8, 4) is 81.1 Å². The van der Waals surface area contributed by atoms with Crippen LogP contribution in [0.5, 0.6) is 23.0 Å². The topological polar surface area (TPSA) is 73.8 Å². The number of hydrogen-bond donors (Lipinski definition) is 0. The van der Waals surface area contributed by atoms with Crippen LogP contribution in [-0.2, 0) is 18.9 Å². The van der Waals surface area contributed by atoms with Gasteiger partial charge in [0.1, 0.15) is 36.2 Å². The number of benzene rings is 4. The lowest BCUT2D eigenvalue weighted by atomic mass is 9.90. The van der Waals surface area contributed by atoms with Crippen molar-refractivity contribution in [2.24, 2.45) is 0 Å². The third-order valence-electron chi connectivity index (χ3n) is 8.14. The van der Waals surface area contributed by atoms with Crippen LogP contribution in [0.3, 0.4) is 0 Å². The Morgan fingerprint density at radius 3 is 1.13 bits per heavy atom. The molecule has 4 aromatic rings. The van der Waals surface area contributed by atoms with Crippen LogP contribution >= 0.6 is 0 Å². The van der Waals surface area contributed by atoms with Gasteiger partial charge in [-0.05, 0) is 72.5 Å². The van der Waals surface area contributed by atoms with Gasteiger partial charge in [0.25, 0.3) is 0 Å². The molecule has 5 rings (SSSR count). The molecular formula is C44H48O8. The molecule has 1 heterocycles. The highest BCUT2D eigenvalue weighted by Gasteiger charge is 2.23. The Labute approximate surface area is 308 Å². The van der Waals surface area contributed by atoms with Crippen molar-refractivity contribution in [1.82, 2.24) is 0 Å². The summed E-state index contributed by atoms with van der Waals surface area (Å²) < 4.78 is 48.0. The van der Waals surface area contributed by atoms with Gasteiger partial charge in [-0.3, -0.25) is 0 Å². The molecule has 0 radical (unpaired) electrons. The molecule has 0 fully saturated rings. The first-order valence-electron chi connectivity index (χ1n) is 18.0. The molecule has 0 spiro atoms. The first-order chi connectivity index (χ1) is 25.6. The number of rotatable bonds is 8. The summed E-state index contributed by atoms with van der Waals surface area (Å²) in [5, 5.41) is 0. The zero-order valence-corrected chi connectivity index (χ0v) is 30.2. The molecule has 8 heteroatoms.